The number of carbonyl (C=O) groups excluding carboxylic acids is 2. The molecule has 9 nitrogen and oxygen atoms in total. The van der Waals surface area contributed by atoms with Crippen molar-refractivity contribution >= 4 is 19.8 Å². The van der Waals surface area contributed by atoms with Gasteiger partial charge in [-0.25, -0.2) is 4.57 Å². The molecule has 0 aromatic rings. The van der Waals surface area contributed by atoms with E-state index in [0.717, 1.165) is 57.8 Å². The molecule has 0 spiro atoms. The first-order valence-corrected chi connectivity index (χ1v) is 24.4. The van der Waals surface area contributed by atoms with Crippen molar-refractivity contribution in [2.75, 3.05) is 26.4 Å². The second-order valence-electron chi connectivity index (χ2n) is 14.9. The van der Waals surface area contributed by atoms with E-state index in [1.165, 1.54) is 89.9 Å². The number of allylic oxidation sites excluding steroid dienone is 12. The van der Waals surface area contributed by atoms with Gasteiger partial charge in [0.2, 0.25) is 0 Å². The molecule has 0 rings (SSSR count). The first-order valence-electron chi connectivity index (χ1n) is 22.9. The van der Waals surface area contributed by atoms with E-state index >= 15 is 0 Å². The second-order valence-corrected chi connectivity index (χ2v) is 16.3. The molecular weight excluding hydrogens is 750 g/mol. The summed E-state index contributed by atoms with van der Waals surface area (Å²) < 4.78 is 32.7. The fourth-order valence-electron chi connectivity index (χ4n) is 6.01. The van der Waals surface area contributed by atoms with E-state index in [-0.39, 0.29) is 32.6 Å². The summed E-state index contributed by atoms with van der Waals surface area (Å²) in [5.41, 5.74) is 5.35. The summed E-state index contributed by atoms with van der Waals surface area (Å²) >= 11 is 0. The van der Waals surface area contributed by atoms with Crippen molar-refractivity contribution in [3.8, 4) is 0 Å². The average molecular weight is 834 g/mol. The van der Waals surface area contributed by atoms with Gasteiger partial charge < -0.3 is 20.1 Å². The van der Waals surface area contributed by atoms with Gasteiger partial charge in [0.25, 0.3) is 0 Å². The summed E-state index contributed by atoms with van der Waals surface area (Å²) in [6, 6.07) is 0. The largest absolute Gasteiger partial charge is 0.472 e. The maximum atomic E-state index is 12.6. The monoisotopic (exact) mass is 834 g/mol. The summed E-state index contributed by atoms with van der Waals surface area (Å²) in [5, 5.41) is 0. The number of hydrogen-bond acceptors (Lipinski definition) is 8. The molecule has 10 heteroatoms. The van der Waals surface area contributed by atoms with Crippen molar-refractivity contribution in [3.63, 3.8) is 0 Å². The lowest BCUT2D eigenvalue weighted by Gasteiger charge is -2.19. The number of nitrogens with two attached hydrogens (primary N) is 1. The number of hydrogen-bond donors (Lipinski definition) is 2. The molecule has 0 bridgehead atoms. The van der Waals surface area contributed by atoms with Crippen LogP contribution in [0.3, 0.4) is 0 Å². The highest BCUT2D eigenvalue weighted by Gasteiger charge is 2.25. The Hall–Kier alpha value is -2.55. The predicted molar refractivity (Wildman–Crippen MR) is 242 cm³/mol. The summed E-state index contributed by atoms with van der Waals surface area (Å²) in [6.07, 6.45) is 53.8. The third-order valence-electron chi connectivity index (χ3n) is 9.37. The molecule has 58 heavy (non-hydrogen) atoms. The molecule has 1 unspecified atom stereocenters. The van der Waals surface area contributed by atoms with E-state index in [1.54, 1.807) is 0 Å². The van der Waals surface area contributed by atoms with Gasteiger partial charge in [-0.15, -0.1) is 0 Å². The minimum absolute atomic E-state index is 0.0418. The summed E-state index contributed by atoms with van der Waals surface area (Å²) in [7, 11) is -4.40. The van der Waals surface area contributed by atoms with Crippen LogP contribution in [-0.4, -0.2) is 49.3 Å². The predicted octanol–water partition coefficient (Wildman–Crippen LogP) is 13.4. The van der Waals surface area contributed by atoms with Crippen LogP contribution in [0.5, 0.6) is 0 Å². The quantitative estimate of drug-likeness (QED) is 0.0267. The fourth-order valence-corrected chi connectivity index (χ4v) is 6.78. The Bertz CT molecular complexity index is 1180. The Kier molecular flexibility index (Phi) is 42.1. The minimum atomic E-state index is -4.40. The zero-order valence-corrected chi connectivity index (χ0v) is 37.6. The first kappa shape index (κ1) is 55.5. The van der Waals surface area contributed by atoms with E-state index in [0.29, 0.717) is 12.8 Å². The number of phosphoric ester groups is 1. The average Bonchev–Trinajstić information content (AvgIpc) is 3.21. The lowest BCUT2D eigenvalue weighted by atomic mass is 10.0. The van der Waals surface area contributed by atoms with Gasteiger partial charge in [0, 0.05) is 19.4 Å². The highest BCUT2D eigenvalue weighted by molar-refractivity contribution is 7.47. The molecule has 0 aliphatic rings. The van der Waals surface area contributed by atoms with E-state index < -0.39 is 32.5 Å². The Morgan fingerprint density at radius 2 is 0.948 bits per heavy atom. The molecule has 0 saturated heterocycles. The highest BCUT2D eigenvalue weighted by atomic mass is 31.2. The van der Waals surface area contributed by atoms with Crippen LogP contribution in [0.2, 0.25) is 0 Å². The van der Waals surface area contributed by atoms with Crippen LogP contribution < -0.4 is 5.73 Å². The lowest BCUT2D eigenvalue weighted by molar-refractivity contribution is -0.161. The minimum Gasteiger partial charge on any atom is -0.462 e. The van der Waals surface area contributed by atoms with Crippen LogP contribution in [0, 0.1) is 0 Å². The number of ether oxygens (including phenoxy) is 2. The van der Waals surface area contributed by atoms with Crippen LogP contribution in [0.25, 0.3) is 0 Å². The normalized spacial score (nSPS) is 13.9. The number of unbranched alkanes of at least 4 members (excludes halogenated alkanes) is 17. The molecule has 0 amide bonds. The molecular formula is C48H84NO8P. The van der Waals surface area contributed by atoms with Crippen LogP contribution >= 0.6 is 7.82 Å². The van der Waals surface area contributed by atoms with Gasteiger partial charge in [-0.2, -0.15) is 0 Å². The maximum absolute atomic E-state index is 12.6. The van der Waals surface area contributed by atoms with Gasteiger partial charge in [0.15, 0.2) is 6.10 Å². The molecule has 0 aromatic carbocycles. The standard InChI is InChI=1S/C48H84NO8P/c1-3-5-7-9-11-13-15-17-19-21-23-25-26-28-30-32-34-36-38-40-47(50)54-44-46(45-56-58(52,53)55-43-42-49)57-48(51)41-39-37-35-33-31-29-27-24-22-20-18-16-14-12-10-8-6-4-2/h5,7,11,13,17,19,23,25,28,30,34,36,46H,3-4,6,8-10,12,14-16,18,20-22,24,26-27,29,31-33,35,37-45,49H2,1-2H3,(H,52,53)/b7-5-,13-11-,19-17-,25-23-,30-28-,36-34-/t46-/m1/s1. The van der Waals surface area contributed by atoms with Crippen molar-refractivity contribution in [2.24, 2.45) is 5.73 Å². The molecule has 334 valence electrons. The molecule has 2 atom stereocenters. The first-order chi connectivity index (χ1) is 28.3. The molecule has 0 aliphatic heterocycles. The number of carbonyl (C=O) groups is 2. The van der Waals surface area contributed by atoms with Crippen LogP contribution in [0.15, 0.2) is 72.9 Å². The van der Waals surface area contributed by atoms with Crippen molar-refractivity contribution < 1.29 is 37.6 Å². The van der Waals surface area contributed by atoms with Crippen molar-refractivity contribution in [1.82, 2.24) is 0 Å². The van der Waals surface area contributed by atoms with Crippen molar-refractivity contribution in [3.05, 3.63) is 72.9 Å². The summed E-state index contributed by atoms with van der Waals surface area (Å²) in [5.74, 6) is -0.926. The van der Waals surface area contributed by atoms with Crippen LogP contribution in [0.4, 0.5) is 0 Å². The lowest BCUT2D eigenvalue weighted by Crippen LogP contribution is -2.29. The van der Waals surface area contributed by atoms with E-state index in [2.05, 4.69) is 74.6 Å². The summed E-state index contributed by atoms with van der Waals surface area (Å²) in [4.78, 5) is 34.9. The maximum Gasteiger partial charge on any atom is 0.472 e. The molecule has 0 fully saturated rings. The zero-order valence-electron chi connectivity index (χ0n) is 36.8. The SMILES string of the molecule is CC/C=C\C/C=C\C/C=C\C/C=C\C/C=C\C/C=C\CCC(=O)OC[C@H](COP(=O)(O)OCCN)OC(=O)CCCCCCCCCCCCCCCCCCCC. The Morgan fingerprint density at radius 1 is 0.534 bits per heavy atom. The third-order valence-corrected chi connectivity index (χ3v) is 10.4. The number of esters is 2. The number of phosphoric acid groups is 1. The zero-order chi connectivity index (χ0) is 42.5. The van der Waals surface area contributed by atoms with Crippen molar-refractivity contribution in [2.45, 2.75) is 193 Å². The molecule has 0 radical (unpaired) electrons. The molecule has 0 saturated carbocycles. The Morgan fingerprint density at radius 3 is 1.38 bits per heavy atom. The molecule has 0 aromatic heterocycles. The van der Waals surface area contributed by atoms with Gasteiger partial charge in [0.1, 0.15) is 6.61 Å². The van der Waals surface area contributed by atoms with Crippen molar-refractivity contribution in [1.29, 1.82) is 0 Å². The smallest absolute Gasteiger partial charge is 0.462 e. The summed E-state index contributed by atoms with van der Waals surface area (Å²) in [6.45, 7) is 3.54. The number of rotatable bonds is 42. The fraction of sp³-hybridized carbons (Fsp3) is 0.708. The molecule has 0 heterocycles. The van der Waals surface area contributed by atoms with Gasteiger partial charge in [-0.3, -0.25) is 18.6 Å². The van der Waals surface area contributed by atoms with Crippen LogP contribution in [0.1, 0.15) is 187 Å². The third kappa shape index (κ3) is 43.0. The Labute approximate surface area is 354 Å². The second kappa shape index (κ2) is 44.0. The van der Waals surface area contributed by atoms with E-state index in [9.17, 15) is 19.0 Å². The topological polar surface area (TPSA) is 134 Å². The van der Waals surface area contributed by atoms with Gasteiger partial charge in [0.05, 0.1) is 13.2 Å². The highest BCUT2D eigenvalue weighted by Crippen LogP contribution is 2.43. The molecule has 3 N–H and O–H groups in total. The van der Waals surface area contributed by atoms with Gasteiger partial charge in [-0.1, -0.05) is 196 Å². The Balaban J connectivity index is 4.23. The molecule has 0 aliphatic carbocycles. The van der Waals surface area contributed by atoms with Gasteiger partial charge in [-0.05, 0) is 51.4 Å². The van der Waals surface area contributed by atoms with Crippen LogP contribution in [-0.2, 0) is 32.7 Å². The van der Waals surface area contributed by atoms with E-state index in [4.69, 9.17) is 24.3 Å². The van der Waals surface area contributed by atoms with E-state index in [1.807, 2.05) is 12.2 Å². The van der Waals surface area contributed by atoms with Gasteiger partial charge >= 0.3 is 19.8 Å².